The van der Waals surface area contributed by atoms with Crippen LogP contribution in [0.5, 0.6) is 0 Å². The van der Waals surface area contributed by atoms with Crippen molar-refractivity contribution in [3.8, 4) is 0 Å². The van der Waals surface area contributed by atoms with Gasteiger partial charge in [0, 0.05) is 6.20 Å². The highest BCUT2D eigenvalue weighted by atomic mass is 79.9. The lowest BCUT2D eigenvalue weighted by molar-refractivity contribution is 0.102. The zero-order chi connectivity index (χ0) is 13.1. The van der Waals surface area contributed by atoms with Gasteiger partial charge >= 0.3 is 0 Å². The first-order chi connectivity index (χ1) is 8.56. The SMILES string of the molecule is Cc1cc(NC(=O)c2ccc(Br)nc2)cnc1Br. The summed E-state index contributed by atoms with van der Waals surface area (Å²) in [5.41, 5.74) is 2.11. The lowest BCUT2D eigenvalue weighted by Gasteiger charge is -2.06. The molecule has 0 unspecified atom stereocenters. The monoisotopic (exact) mass is 369 g/mol. The van der Waals surface area contributed by atoms with Crippen LogP contribution in [0.2, 0.25) is 0 Å². The summed E-state index contributed by atoms with van der Waals surface area (Å²) in [5.74, 6) is -0.210. The Morgan fingerprint density at radius 3 is 2.61 bits per heavy atom. The van der Waals surface area contributed by atoms with Crippen molar-refractivity contribution in [1.29, 1.82) is 0 Å². The highest BCUT2D eigenvalue weighted by Crippen LogP contribution is 2.17. The van der Waals surface area contributed by atoms with Gasteiger partial charge in [0.1, 0.15) is 9.21 Å². The smallest absolute Gasteiger partial charge is 0.257 e. The summed E-state index contributed by atoms with van der Waals surface area (Å²) in [5, 5.41) is 2.77. The maximum atomic E-state index is 11.9. The number of hydrogen-bond acceptors (Lipinski definition) is 3. The summed E-state index contributed by atoms with van der Waals surface area (Å²) in [4.78, 5) is 20.0. The molecule has 0 spiro atoms. The van der Waals surface area contributed by atoms with Gasteiger partial charge < -0.3 is 5.32 Å². The molecule has 2 aromatic rings. The molecule has 2 heterocycles. The van der Waals surface area contributed by atoms with Gasteiger partial charge in [0.2, 0.25) is 0 Å². The van der Waals surface area contributed by atoms with E-state index in [0.717, 1.165) is 10.2 Å². The first-order valence-electron chi connectivity index (χ1n) is 5.11. The molecular formula is C12H9Br2N3O. The summed E-state index contributed by atoms with van der Waals surface area (Å²) < 4.78 is 1.46. The fraction of sp³-hybridized carbons (Fsp3) is 0.0833. The Kier molecular flexibility index (Phi) is 4.08. The van der Waals surface area contributed by atoms with E-state index in [4.69, 9.17) is 0 Å². The standard InChI is InChI=1S/C12H9Br2N3O/c1-7-4-9(6-16-11(7)14)17-12(18)8-2-3-10(13)15-5-8/h2-6H,1H3,(H,17,18). The van der Waals surface area contributed by atoms with Crippen molar-refractivity contribution >= 4 is 43.5 Å². The number of carbonyl (C=O) groups is 1. The molecule has 0 radical (unpaired) electrons. The van der Waals surface area contributed by atoms with Crippen molar-refractivity contribution in [2.75, 3.05) is 5.32 Å². The van der Waals surface area contributed by atoms with Crippen molar-refractivity contribution in [3.05, 3.63) is 50.9 Å². The number of hydrogen-bond donors (Lipinski definition) is 1. The number of pyridine rings is 2. The Hall–Kier alpha value is -1.27. The van der Waals surface area contributed by atoms with Crippen LogP contribution >= 0.6 is 31.9 Å². The molecule has 2 aromatic heterocycles. The van der Waals surface area contributed by atoms with Crippen LogP contribution in [0.25, 0.3) is 0 Å². The molecule has 0 aromatic carbocycles. The molecule has 2 rings (SSSR count). The van der Waals surface area contributed by atoms with Gasteiger partial charge in [0.25, 0.3) is 5.91 Å². The molecule has 0 saturated carbocycles. The molecule has 0 aliphatic carbocycles. The third-order valence-corrected chi connectivity index (χ3v) is 3.56. The van der Waals surface area contributed by atoms with E-state index in [2.05, 4.69) is 47.1 Å². The van der Waals surface area contributed by atoms with Crippen molar-refractivity contribution in [2.24, 2.45) is 0 Å². The lowest BCUT2D eigenvalue weighted by atomic mass is 10.2. The molecule has 6 heteroatoms. The zero-order valence-corrected chi connectivity index (χ0v) is 12.6. The van der Waals surface area contributed by atoms with E-state index >= 15 is 0 Å². The third-order valence-electron chi connectivity index (χ3n) is 2.26. The molecule has 92 valence electrons. The van der Waals surface area contributed by atoms with Crippen LogP contribution in [0.4, 0.5) is 5.69 Å². The van der Waals surface area contributed by atoms with Crippen LogP contribution < -0.4 is 5.32 Å². The summed E-state index contributed by atoms with van der Waals surface area (Å²) in [6.45, 7) is 1.91. The minimum absolute atomic E-state index is 0.210. The number of carbonyl (C=O) groups excluding carboxylic acids is 1. The fourth-order valence-corrected chi connectivity index (χ4v) is 1.79. The first-order valence-corrected chi connectivity index (χ1v) is 6.70. The third kappa shape index (κ3) is 3.14. The Labute approximate surface area is 121 Å². The van der Waals surface area contributed by atoms with Crippen molar-refractivity contribution in [2.45, 2.75) is 6.92 Å². The Bertz CT molecular complexity index is 584. The molecule has 0 saturated heterocycles. The summed E-state index contributed by atoms with van der Waals surface area (Å²) >= 11 is 6.53. The average Bonchev–Trinajstić information content (AvgIpc) is 2.34. The second kappa shape index (κ2) is 5.58. The minimum Gasteiger partial charge on any atom is -0.321 e. The average molecular weight is 371 g/mol. The number of halogens is 2. The van der Waals surface area contributed by atoms with E-state index in [1.807, 2.05) is 13.0 Å². The van der Waals surface area contributed by atoms with Gasteiger partial charge in [-0.05, 0) is 62.5 Å². The van der Waals surface area contributed by atoms with E-state index in [1.165, 1.54) is 6.20 Å². The number of amides is 1. The van der Waals surface area contributed by atoms with Crippen LogP contribution in [0.1, 0.15) is 15.9 Å². The zero-order valence-electron chi connectivity index (χ0n) is 9.45. The Morgan fingerprint density at radius 2 is 2.00 bits per heavy atom. The molecular weight excluding hydrogens is 362 g/mol. The van der Waals surface area contributed by atoms with E-state index in [9.17, 15) is 4.79 Å². The van der Waals surface area contributed by atoms with Gasteiger partial charge in [-0.25, -0.2) is 9.97 Å². The minimum atomic E-state index is -0.210. The largest absolute Gasteiger partial charge is 0.321 e. The molecule has 0 aliphatic heterocycles. The topological polar surface area (TPSA) is 54.9 Å². The number of nitrogens with zero attached hydrogens (tertiary/aromatic N) is 2. The molecule has 0 fully saturated rings. The Morgan fingerprint density at radius 1 is 1.22 bits per heavy atom. The van der Waals surface area contributed by atoms with Crippen molar-refractivity contribution < 1.29 is 4.79 Å². The van der Waals surface area contributed by atoms with Gasteiger partial charge in [-0.2, -0.15) is 0 Å². The number of nitrogens with one attached hydrogen (secondary N) is 1. The van der Waals surface area contributed by atoms with Gasteiger partial charge in [-0.1, -0.05) is 0 Å². The van der Waals surface area contributed by atoms with Gasteiger partial charge in [0.15, 0.2) is 0 Å². The maximum Gasteiger partial charge on any atom is 0.257 e. The van der Waals surface area contributed by atoms with Gasteiger partial charge in [-0.3, -0.25) is 4.79 Å². The summed E-state index contributed by atoms with van der Waals surface area (Å²) in [7, 11) is 0. The van der Waals surface area contributed by atoms with Crippen molar-refractivity contribution in [1.82, 2.24) is 9.97 Å². The second-order valence-corrected chi connectivity index (χ2v) is 5.22. The molecule has 1 amide bonds. The maximum absolute atomic E-state index is 11.9. The lowest BCUT2D eigenvalue weighted by Crippen LogP contribution is -2.12. The quantitative estimate of drug-likeness (QED) is 0.822. The number of aromatic nitrogens is 2. The molecule has 0 atom stereocenters. The van der Waals surface area contributed by atoms with E-state index in [1.54, 1.807) is 18.3 Å². The summed E-state index contributed by atoms with van der Waals surface area (Å²) in [6, 6.07) is 5.27. The van der Waals surface area contributed by atoms with Crippen molar-refractivity contribution in [3.63, 3.8) is 0 Å². The summed E-state index contributed by atoms with van der Waals surface area (Å²) in [6.07, 6.45) is 3.11. The van der Waals surface area contributed by atoms with Crippen LogP contribution in [0.15, 0.2) is 39.8 Å². The molecule has 4 nitrogen and oxygen atoms in total. The predicted molar refractivity (Wildman–Crippen MR) is 76.6 cm³/mol. The second-order valence-electron chi connectivity index (χ2n) is 3.66. The van der Waals surface area contributed by atoms with E-state index in [0.29, 0.717) is 15.9 Å². The molecule has 18 heavy (non-hydrogen) atoms. The molecule has 1 N–H and O–H groups in total. The van der Waals surface area contributed by atoms with Crippen LogP contribution in [-0.4, -0.2) is 15.9 Å². The predicted octanol–water partition coefficient (Wildman–Crippen LogP) is 3.56. The fourth-order valence-electron chi connectivity index (χ4n) is 1.34. The van der Waals surface area contributed by atoms with E-state index < -0.39 is 0 Å². The van der Waals surface area contributed by atoms with Crippen LogP contribution in [0.3, 0.4) is 0 Å². The van der Waals surface area contributed by atoms with Gasteiger partial charge in [-0.15, -0.1) is 0 Å². The van der Waals surface area contributed by atoms with E-state index in [-0.39, 0.29) is 5.91 Å². The molecule has 0 bridgehead atoms. The number of anilines is 1. The van der Waals surface area contributed by atoms with Gasteiger partial charge in [0.05, 0.1) is 17.4 Å². The molecule has 0 aliphatic rings. The Balaban J connectivity index is 2.16. The van der Waals surface area contributed by atoms with Crippen LogP contribution in [-0.2, 0) is 0 Å². The highest BCUT2D eigenvalue weighted by molar-refractivity contribution is 9.10. The number of rotatable bonds is 2. The van der Waals surface area contributed by atoms with Crippen LogP contribution in [0, 0.1) is 6.92 Å². The normalized spacial score (nSPS) is 10.2. The first kappa shape index (κ1) is 13.2. The highest BCUT2D eigenvalue weighted by Gasteiger charge is 2.07. The number of aryl methyl sites for hydroxylation is 1.